The van der Waals surface area contributed by atoms with Crippen molar-refractivity contribution < 1.29 is 9.53 Å². The Morgan fingerprint density at radius 2 is 2.00 bits per heavy atom. The number of fused-ring (bicyclic) bond motifs is 2. The summed E-state index contributed by atoms with van der Waals surface area (Å²) in [5.41, 5.74) is 0. The molecule has 0 N–H and O–H groups in total. The minimum absolute atomic E-state index is 0.0512. The van der Waals surface area contributed by atoms with Gasteiger partial charge in [-0.2, -0.15) is 5.26 Å². The molecule has 2 bridgehead atoms. The maximum atomic E-state index is 12.1. The number of esters is 1. The number of carbonyl (C=O) groups excluding carboxylic acids is 1. The lowest BCUT2D eigenvalue weighted by molar-refractivity contribution is -0.153. The molecule has 0 aromatic rings. The van der Waals surface area contributed by atoms with Gasteiger partial charge in [-0.15, -0.1) is 0 Å². The third-order valence-electron chi connectivity index (χ3n) is 5.46. The van der Waals surface area contributed by atoms with E-state index in [1.165, 1.54) is 25.7 Å². The van der Waals surface area contributed by atoms with Crippen LogP contribution in [0.25, 0.3) is 0 Å². The predicted octanol–water partition coefficient (Wildman–Crippen LogP) is 3.44. The van der Waals surface area contributed by atoms with E-state index in [4.69, 9.17) is 10.00 Å². The third kappa shape index (κ3) is 2.78. The van der Waals surface area contributed by atoms with Crippen LogP contribution in [0.2, 0.25) is 0 Å². The van der Waals surface area contributed by atoms with Gasteiger partial charge in [0.15, 0.2) is 0 Å². The van der Waals surface area contributed by atoms with Gasteiger partial charge in [-0.3, -0.25) is 4.79 Å². The summed E-state index contributed by atoms with van der Waals surface area (Å²) in [5.74, 6) is 2.10. The fraction of sp³-hybridized carbons (Fsp3) is 0.875. The molecule has 0 aromatic heterocycles. The fourth-order valence-corrected chi connectivity index (χ4v) is 4.44. The number of nitriles is 1. The molecule has 5 atom stereocenters. The quantitative estimate of drug-likeness (QED) is 0.731. The molecule has 19 heavy (non-hydrogen) atoms. The molecule has 0 saturated heterocycles. The summed E-state index contributed by atoms with van der Waals surface area (Å²) >= 11 is 0. The van der Waals surface area contributed by atoms with E-state index in [-0.39, 0.29) is 18.0 Å². The number of hydrogen-bond donors (Lipinski definition) is 0. The molecule has 3 heteroatoms. The molecule has 3 saturated carbocycles. The average Bonchev–Trinajstić information content (AvgIpc) is 3.01. The molecule has 3 aliphatic carbocycles. The smallest absolute Gasteiger partial charge is 0.306 e. The van der Waals surface area contributed by atoms with E-state index in [0.29, 0.717) is 12.3 Å². The van der Waals surface area contributed by atoms with Gasteiger partial charge in [0, 0.05) is 6.42 Å². The van der Waals surface area contributed by atoms with Crippen molar-refractivity contribution in [2.75, 3.05) is 0 Å². The van der Waals surface area contributed by atoms with Gasteiger partial charge in [0.1, 0.15) is 6.10 Å². The van der Waals surface area contributed by atoms with Gasteiger partial charge in [0.25, 0.3) is 0 Å². The Morgan fingerprint density at radius 3 is 2.68 bits per heavy atom. The molecular weight excluding hydrogens is 238 g/mol. The molecule has 3 aliphatic rings. The van der Waals surface area contributed by atoms with Gasteiger partial charge in [0.05, 0.1) is 12.0 Å². The maximum Gasteiger partial charge on any atom is 0.306 e. The van der Waals surface area contributed by atoms with Crippen LogP contribution in [0, 0.1) is 35.0 Å². The SMILES string of the molecule is N#C[C@@H]1CCCC[C@H]1OC(=O)C[C@H]1C[C@H]2CC[C@H]1C2. The van der Waals surface area contributed by atoms with Gasteiger partial charge < -0.3 is 4.74 Å². The highest BCUT2D eigenvalue weighted by molar-refractivity contribution is 5.70. The van der Waals surface area contributed by atoms with Gasteiger partial charge in [-0.25, -0.2) is 0 Å². The van der Waals surface area contributed by atoms with Crippen LogP contribution in [0.15, 0.2) is 0 Å². The highest BCUT2D eigenvalue weighted by Crippen LogP contribution is 2.49. The first-order chi connectivity index (χ1) is 9.26. The fourth-order valence-electron chi connectivity index (χ4n) is 4.44. The Kier molecular flexibility index (Phi) is 3.77. The van der Waals surface area contributed by atoms with Crippen LogP contribution in [0.5, 0.6) is 0 Å². The molecule has 3 nitrogen and oxygen atoms in total. The Hall–Kier alpha value is -1.04. The standard InChI is InChI=1S/C16H23NO2/c17-10-13-3-1-2-4-15(13)19-16(18)9-14-8-11-5-6-12(14)7-11/h11-15H,1-9H2/t11-,12-,13-,14+,15+/m0/s1. The van der Waals surface area contributed by atoms with E-state index >= 15 is 0 Å². The number of ether oxygens (including phenoxy) is 1. The van der Waals surface area contributed by atoms with E-state index < -0.39 is 0 Å². The topological polar surface area (TPSA) is 50.1 Å². The van der Waals surface area contributed by atoms with Crippen LogP contribution < -0.4 is 0 Å². The van der Waals surface area contributed by atoms with Gasteiger partial charge >= 0.3 is 5.97 Å². The van der Waals surface area contributed by atoms with Crippen LogP contribution in [0.4, 0.5) is 0 Å². The summed E-state index contributed by atoms with van der Waals surface area (Å²) in [5, 5.41) is 9.10. The zero-order valence-corrected chi connectivity index (χ0v) is 11.5. The maximum absolute atomic E-state index is 12.1. The van der Waals surface area contributed by atoms with Crippen LogP contribution in [0.1, 0.15) is 57.8 Å². The summed E-state index contributed by atoms with van der Waals surface area (Å²) in [6, 6.07) is 2.30. The van der Waals surface area contributed by atoms with Gasteiger partial charge in [-0.05, 0) is 56.3 Å². The highest BCUT2D eigenvalue weighted by Gasteiger charge is 2.40. The average molecular weight is 261 g/mol. The zero-order chi connectivity index (χ0) is 13.2. The Labute approximate surface area is 115 Å². The summed E-state index contributed by atoms with van der Waals surface area (Å²) in [6.07, 6.45) is 9.66. The van der Waals surface area contributed by atoms with Crippen LogP contribution >= 0.6 is 0 Å². The second-order valence-electron chi connectivity index (χ2n) is 6.69. The first-order valence-electron chi connectivity index (χ1n) is 7.85. The molecule has 0 radical (unpaired) electrons. The van der Waals surface area contributed by atoms with E-state index in [9.17, 15) is 4.79 Å². The van der Waals surface area contributed by atoms with E-state index in [1.807, 2.05) is 0 Å². The molecule has 104 valence electrons. The van der Waals surface area contributed by atoms with Crippen molar-refractivity contribution in [3.05, 3.63) is 0 Å². The summed E-state index contributed by atoms with van der Waals surface area (Å²) < 4.78 is 5.60. The monoisotopic (exact) mass is 261 g/mol. The third-order valence-corrected chi connectivity index (χ3v) is 5.46. The lowest BCUT2D eigenvalue weighted by Gasteiger charge is -2.28. The van der Waals surface area contributed by atoms with Crippen LogP contribution in [-0.4, -0.2) is 12.1 Å². The largest absolute Gasteiger partial charge is 0.461 e. The highest BCUT2D eigenvalue weighted by atomic mass is 16.5. The van der Waals surface area contributed by atoms with Crippen molar-refractivity contribution in [3.8, 4) is 6.07 Å². The molecule has 0 heterocycles. The van der Waals surface area contributed by atoms with Crippen molar-refractivity contribution >= 4 is 5.97 Å². The second-order valence-corrected chi connectivity index (χ2v) is 6.69. The van der Waals surface area contributed by atoms with E-state index in [1.54, 1.807) is 0 Å². The van der Waals surface area contributed by atoms with Crippen LogP contribution in [0.3, 0.4) is 0 Å². The molecule has 0 aliphatic heterocycles. The summed E-state index contributed by atoms with van der Waals surface area (Å²) in [7, 11) is 0. The normalized spacial score (nSPS) is 40.9. The first kappa shape index (κ1) is 13.0. The lowest BCUT2D eigenvalue weighted by atomic mass is 9.86. The molecule has 0 unspecified atom stereocenters. The summed E-state index contributed by atoms with van der Waals surface area (Å²) in [4.78, 5) is 12.1. The van der Waals surface area contributed by atoms with Crippen molar-refractivity contribution in [1.82, 2.24) is 0 Å². The number of carbonyl (C=O) groups is 1. The van der Waals surface area contributed by atoms with Gasteiger partial charge in [0.2, 0.25) is 0 Å². The van der Waals surface area contributed by atoms with Crippen molar-refractivity contribution in [2.45, 2.75) is 63.9 Å². The molecule has 0 amide bonds. The van der Waals surface area contributed by atoms with E-state index in [0.717, 1.165) is 37.5 Å². The molecule has 3 rings (SSSR count). The minimum Gasteiger partial charge on any atom is -0.461 e. The Morgan fingerprint density at radius 1 is 1.16 bits per heavy atom. The number of hydrogen-bond acceptors (Lipinski definition) is 3. The lowest BCUT2D eigenvalue weighted by Crippen LogP contribution is -2.30. The second kappa shape index (κ2) is 5.53. The number of nitrogens with zero attached hydrogens (tertiary/aromatic N) is 1. The molecular formula is C16H23NO2. The Balaban J connectivity index is 1.49. The van der Waals surface area contributed by atoms with E-state index in [2.05, 4.69) is 6.07 Å². The number of rotatable bonds is 3. The van der Waals surface area contributed by atoms with Crippen molar-refractivity contribution in [3.63, 3.8) is 0 Å². The Bertz CT molecular complexity index is 387. The first-order valence-corrected chi connectivity index (χ1v) is 7.85. The van der Waals surface area contributed by atoms with Crippen LogP contribution in [-0.2, 0) is 9.53 Å². The van der Waals surface area contributed by atoms with Crippen molar-refractivity contribution in [2.24, 2.45) is 23.7 Å². The molecule has 0 spiro atoms. The predicted molar refractivity (Wildman–Crippen MR) is 71.0 cm³/mol. The molecule has 0 aromatic carbocycles. The zero-order valence-electron chi connectivity index (χ0n) is 11.5. The summed E-state index contributed by atoms with van der Waals surface area (Å²) in [6.45, 7) is 0. The molecule has 3 fully saturated rings. The van der Waals surface area contributed by atoms with Gasteiger partial charge in [-0.1, -0.05) is 12.8 Å². The van der Waals surface area contributed by atoms with Crippen molar-refractivity contribution in [1.29, 1.82) is 5.26 Å². The minimum atomic E-state index is -0.134.